The number of aryl methyl sites for hydroxylation is 1. The van der Waals surface area contributed by atoms with Crippen molar-refractivity contribution in [1.82, 2.24) is 14.9 Å². The van der Waals surface area contributed by atoms with Crippen molar-refractivity contribution >= 4 is 44.6 Å². The van der Waals surface area contributed by atoms with E-state index < -0.39 is 44.9 Å². The third-order valence-corrected chi connectivity index (χ3v) is 6.98. The maximum atomic E-state index is 14.3. The summed E-state index contributed by atoms with van der Waals surface area (Å²) in [6, 6.07) is 6.20. The molecule has 0 spiro atoms. The molecule has 1 heterocycles. The Labute approximate surface area is 211 Å². The van der Waals surface area contributed by atoms with Crippen LogP contribution in [0, 0.1) is 12.7 Å². The Morgan fingerprint density at radius 2 is 1.89 bits per heavy atom. The normalized spacial score (nSPS) is 11.4. The Hall–Kier alpha value is -3.48. The number of amides is 2. The number of halogens is 2. The molecule has 0 saturated carbocycles. The number of hydrogen-bond donors (Lipinski definition) is 2. The molecule has 3 rings (SSSR count). The molecule has 0 saturated heterocycles. The number of carbonyl (C=O) groups is 2. The maximum absolute atomic E-state index is 14.3. The highest BCUT2D eigenvalue weighted by molar-refractivity contribution is 7.89. The van der Waals surface area contributed by atoms with Gasteiger partial charge in [-0.3, -0.25) is 4.79 Å². The van der Waals surface area contributed by atoms with E-state index in [2.05, 4.69) is 5.32 Å². The Balaban J connectivity index is 1.99. The number of nitrogens with one attached hydrogen (secondary N) is 2. The van der Waals surface area contributed by atoms with Crippen LogP contribution >= 0.6 is 11.6 Å². The van der Waals surface area contributed by atoms with Crippen molar-refractivity contribution < 1.29 is 31.6 Å². The van der Waals surface area contributed by atoms with Crippen LogP contribution in [0.4, 0.5) is 9.18 Å². The van der Waals surface area contributed by atoms with Crippen molar-refractivity contribution in [2.24, 2.45) is 0 Å². The predicted octanol–water partition coefficient (Wildman–Crippen LogP) is 2.57. The van der Waals surface area contributed by atoms with Gasteiger partial charge in [0.15, 0.2) is 5.75 Å². The predicted molar refractivity (Wildman–Crippen MR) is 130 cm³/mol. The number of benzene rings is 2. The number of rotatable bonds is 7. The summed E-state index contributed by atoms with van der Waals surface area (Å²) in [4.78, 5) is 36.6. The first-order chi connectivity index (χ1) is 16.8. The van der Waals surface area contributed by atoms with E-state index in [1.807, 2.05) is 4.72 Å². The number of nitrogens with zero attached hydrogens (tertiary/aromatic N) is 1. The lowest BCUT2D eigenvalue weighted by atomic mass is 9.99. The molecule has 2 amide bonds. The molecule has 10 nitrogen and oxygen atoms in total. The molecular formula is C23H23ClFN3O7S. The summed E-state index contributed by atoms with van der Waals surface area (Å²) in [6.45, 7) is 1.09. The lowest BCUT2D eigenvalue weighted by Gasteiger charge is -2.14. The minimum Gasteiger partial charge on any atom is -0.422 e. The number of fused-ring (bicyclic) bond motifs is 1. The van der Waals surface area contributed by atoms with Gasteiger partial charge < -0.3 is 19.4 Å². The van der Waals surface area contributed by atoms with Gasteiger partial charge in [0, 0.05) is 44.6 Å². The standard InChI is InChI=1S/C23H23ClFN3O7S/c1-12-14-9-16(24)19(35-23(31)28(3)4)10-18(14)34-22(30)15(12)7-13-5-6-17(25)20(8-13)36(32,33)27-11-21(29)26-2/h5-6,8-10,27H,7,11H2,1-4H3,(H,26,29). The van der Waals surface area contributed by atoms with E-state index in [0.717, 1.165) is 12.1 Å². The molecule has 2 N–H and O–H groups in total. The van der Waals surface area contributed by atoms with E-state index in [1.165, 1.54) is 44.2 Å². The van der Waals surface area contributed by atoms with E-state index in [9.17, 15) is 27.2 Å². The van der Waals surface area contributed by atoms with Crippen LogP contribution in [0.2, 0.25) is 5.02 Å². The average molecular weight is 540 g/mol. The Kier molecular flexibility index (Phi) is 8.02. The highest BCUT2D eigenvalue weighted by Crippen LogP contribution is 2.32. The molecule has 36 heavy (non-hydrogen) atoms. The van der Waals surface area contributed by atoms with Crippen LogP contribution in [0.25, 0.3) is 11.0 Å². The largest absolute Gasteiger partial charge is 0.422 e. The molecule has 2 aromatic carbocycles. The minimum absolute atomic E-state index is 0.0100. The highest BCUT2D eigenvalue weighted by atomic mass is 35.5. The fraction of sp³-hybridized carbons (Fsp3) is 0.261. The summed E-state index contributed by atoms with van der Waals surface area (Å²) in [5.74, 6) is -1.61. The summed E-state index contributed by atoms with van der Waals surface area (Å²) >= 11 is 6.27. The van der Waals surface area contributed by atoms with Crippen LogP contribution in [0.1, 0.15) is 16.7 Å². The summed E-state index contributed by atoms with van der Waals surface area (Å²) in [7, 11) is -0.0132. The van der Waals surface area contributed by atoms with Gasteiger partial charge in [-0.15, -0.1) is 0 Å². The van der Waals surface area contributed by atoms with Gasteiger partial charge in [-0.25, -0.2) is 27.1 Å². The minimum atomic E-state index is -4.34. The Bertz CT molecular complexity index is 1520. The summed E-state index contributed by atoms with van der Waals surface area (Å²) in [5.41, 5.74) is 0.436. The van der Waals surface area contributed by atoms with E-state index in [0.29, 0.717) is 16.5 Å². The van der Waals surface area contributed by atoms with Crippen molar-refractivity contribution in [3.05, 3.63) is 68.3 Å². The number of carbonyl (C=O) groups excluding carboxylic acids is 2. The van der Waals surface area contributed by atoms with Crippen LogP contribution in [0.3, 0.4) is 0 Å². The summed E-state index contributed by atoms with van der Waals surface area (Å²) in [5, 5.41) is 2.84. The van der Waals surface area contributed by atoms with Gasteiger partial charge >= 0.3 is 11.7 Å². The third kappa shape index (κ3) is 5.83. The molecule has 0 atom stereocenters. The second-order valence-corrected chi connectivity index (χ2v) is 10.1. The van der Waals surface area contributed by atoms with Crippen molar-refractivity contribution in [3.8, 4) is 5.75 Å². The second-order valence-electron chi connectivity index (χ2n) is 7.97. The van der Waals surface area contributed by atoms with Gasteiger partial charge in [-0.1, -0.05) is 17.7 Å². The zero-order chi connectivity index (χ0) is 26.8. The number of likely N-dealkylation sites (N-methyl/N-ethyl adjacent to an activating group) is 1. The van der Waals surface area contributed by atoms with Crippen LogP contribution in [0.15, 0.2) is 44.4 Å². The van der Waals surface area contributed by atoms with Crippen molar-refractivity contribution in [2.45, 2.75) is 18.2 Å². The quantitative estimate of drug-likeness (QED) is 0.440. The van der Waals surface area contributed by atoms with Gasteiger partial charge in [0.25, 0.3) is 0 Å². The monoisotopic (exact) mass is 539 g/mol. The molecule has 3 aromatic rings. The van der Waals surface area contributed by atoms with Crippen molar-refractivity contribution in [3.63, 3.8) is 0 Å². The van der Waals surface area contributed by atoms with E-state index in [4.69, 9.17) is 20.8 Å². The van der Waals surface area contributed by atoms with E-state index >= 15 is 0 Å². The molecule has 1 aromatic heterocycles. The van der Waals surface area contributed by atoms with Gasteiger partial charge in [0.1, 0.15) is 16.3 Å². The molecule has 0 unspecified atom stereocenters. The first kappa shape index (κ1) is 27.1. The zero-order valence-corrected chi connectivity index (χ0v) is 21.3. The molecule has 13 heteroatoms. The van der Waals surface area contributed by atoms with Crippen LogP contribution in [0.5, 0.6) is 5.75 Å². The molecule has 0 aliphatic carbocycles. The van der Waals surface area contributed by atoms with Crippen LogP contribution < -0.4 is 20.4 Å². The number of hydrogen-bond acceptors (Lipinski definition) is 7. The lowest BCUT2D eigenvalue weighted by molar-refractivity contribution is -0.119. The highest BCUT2D eigenvalue weighted by Gasteiger charge is 2.22. The topological polar surface area (TPSA) is 135 Å². The van der Waals surface area contributed by atoms with Gasteiger partial charge in [0.05, 0.1) is 11.6 Å². The Morgan fingerprint density at radius 3 is 2.53 bits per heavy atom. The first-order valence-electron chi connectivity index (χ1n) is 10.5. The maximum Gasteiger partial charge on any atom is 0.414 e. The number of sulfonamides is 1. The van der Waals surface area contributed by atoms with E-state index in [1.54, 1.807) is 6.92 Å². The fourth-order valence-electron chi connectivity index (χ4n) is 3.25. The molecule has 0 aliphatic heterocycles. The molecule has 192 valence electrons. The number of ether oxygens (including phenoxy) is 1. The molecule has 0 bridgehead atoms. The fourth-order valence-corrected chi connectivity index (χ4v) is 4.56. The Morgan fingerprint density at radius 1 is 1.19 bits per heavy atom. The average Bonchev–Trinajstić information content (AvgIpc) is 2.82. The van der Waals surface area contributed by atoms with Gasteiger partial charge in [-0.05, 0) is 36.2 Å². The second kappa shape index (κ2) is 10.6. The van der Waals surface area contributed by atoms with Gasteiger partial charge in [-0.2, -0.15) is 0 Å². The zero-order valence-electron chi connectivity index (χ0n) is 19.8. The smallest absolute Gasteiger partial charge is 0.414 e. The summed E-state index contributed by atoms with van der Waals surface area (Å²) < 4.78 is 52.0. The molecule has 0 aliphatic rings. The van der Waals surface area contributed by atoms with Crippen LogP contribution in [-0.2, 0) is 21.2 Å². The molecule has 0 fully saturated rings. The SMILES string of the molecule is CNC(=O)CNS(=O)(=O)c1cc(Cc2c(C)c3cc(Cl)c(OC(=O)N(C)C)cc3oc2=O)ccc1F. The first-order valence-corrected chi connectivity index (χ1v) is 12.3. The molecular weight excluding hydrogens is 517 g/mol. The third-order valence-electron chi connectivity index (χ3n) is 5.27. The molecule has 0 radical (unpaired) electrons. The lowest BCUT2D eigenvalue weighted by Crippen LogP contribution is -2.35. The van der Waals surface area contributed by atoms with Crippen molar-refractivity contribution in [1.29, 1.82) is 0 Å². The van der Waals surface area contributed by atoms with E-state index in [-0.39, 0.29) is 28.3 Å². The van der Waals surface area contributed by atoms with Gasteiger partial charge in [0.2, 0.25) is 15.9 Å². The summed E-state index contributed by atoms with van der Waals surface area (Å²) in [6.07, 6.45) is -0.740. The van der Waals surface area contributed by atoms with Crippen molar-refractivity contribution in [2.75, 3.05) is 27.7 Å². The van der Waals surface area contributed by atoms with Crippen LogP contribution in [-0.4, -0.2) is 53.0 Å².